The van der Waals surface area contributed by atoms with Crippen LogP contribution in [0.15, 0.2) is 122 Å². The van der Waals surface area contributed by atoms with Crippen molar-refractivity contribution in [2.24, 2.45) is 5.73 Å². The van der Waals surface area contributed by atoms with E-state index in [4.69, 9.17) is 16.6 Å². The lowest BCUT2D eigenvalue weighted by atomic mass is 10.0. The second-order valence-corrected chi connectivity index (χ2v) is 31.9. The van der Waals surface area contributed by atoms with Gasteiger partial charge >= 0.3 is 5.97 Å². The Morgan fingerprint density at radius 2 is 0.824 bits per heavy atom. The van der Waals surface area contributed by atoms with E-state index in [0.29, 0.717) is 33.8 Å². The Bertz CT molecular complexity index is 5200. The second kappa shape index (κ2) is 49.7. The fourth-order valence-electron chi connectivity index (χ4n) is 14.4. The van der Waals surface area contributed by atoms with Crippen LogP contribution < -0.4 is 74.9 Å². The molecule has 2 aliphatic rings. The van der Waals surface area contributed by atoms with Gasteiger partial charge in [0, 0.05) is 122 Å². The van der Waals surface area contributed by atoms with E-state index >= 15 is 0 Å². The number of amides is 13. The lowest BCUT2D eigenvalue weighted by molar-refractivity contribution is -0.142. The van der Waals surface area contributed by atoms with Crippen LogP contribution in [0.25, 0.3) is 21.8 Å². The summed E-state index contributed by atoms with van der Waals surface area (Å²) >= 11 is 0. The Kier molecular flexibility index (Phi) is 38.7. The standard InChI is InChI=1S/C88H110F4N24O15/c1-113(2)85(96)101-39-17-29-63(107-71(119)33-31-69(117)105-61-27-15-23-57-59(35-41-98-75(57)61)77(123)103-49-73(121)115-51-87(89,90)45-55(115)47-94)80(126)111-67(43-53-19-7-5-8-20-53)79(125)100-38-14-12-25-65(82(128)110-66(84(130)131)26-11-13-37-93)109-83(129)68(44-54-21-9-6-10-22-54)112-81(127)64(30-18-40-102-86(97)114(3)4)108-72(120)34-32-70(118)106-62-28-16-24-58-60(36-42-99-76(58)62)78(124)104-50-74(122)116-52-88(91,92)46-56(116)48-95/h5-10,15-16,19-24,27-28,35-36,41-42,55-56,63-68H,11-14,17-18,25-26,29-34,37-40,43-46,49-52,93H2,1-4H3,(H2,96,101)(H2,97,102)(H,100,125)(H,103,123)(H,104,124)(H,105,117)(H,106,118)(H,107,119)(H,108,120)(H,109,129)(H,110,128)(H,111,126)(H,112,127)(H,130,131)/t55-,56-,63-,64-,65-,66-,67-,68-/m0/s1. The van der Waals surface area contributed by atoms with Crippen LogP contribution in [0, 0.1) is 33.5 Å². The lowest BCUT2D eigenvalue weighted by Crippen LogP contribution is -2.58. The first-order valence-corrected chi connectivity index (χ1v) is 42.6. The number of carbonyl (C=O) groups excluding carboxylic acids is 13. The van der Waals surface area contributed by atoms with E-state index in [9.17, 15) is 100 Å². The van der Waals surface area contributed by atoms with Crippen molar-refractivity contribution in [2.45, 2.75) is 176 Å². The molecule has 131 heavy (non-hydrogen) atoms. The summed E-state index contributed by atoms with van der Waals surface area (Å²) in [5.41, 5.74) is 7.33. The van der Waals surface area contributed by atoms with Gasteiger partial charge in [-0.15, -0.1) is 0 Å². The molecule has 0 aliphatic carbocycles. The third kappa shape index (κ3) is 31.7. The molecule has 700 valence electrons. The van der Waals surface area contributed by atoms with E-state index in [2.05, 4.69) is 79.1 Å². The van der Waals surface area contributed by atoms with Gasteiger partial charge in [0.1, 0.15) is 48.3 Å². The summed E-state index contributed by atoms with van der Waals surface area (Å²) in [5, 5.41) is 80.9. The summed E-state index contributed by atoms with van der Waals surface area (Å²) in [6, 6.07) is 20.7. The molecule has 4 aromatic carbocycles. The Balaban J connectivity index is 0.928. The summed E-state index contributed by atoms with van der Waals surface area (Å²) in [7, 11) is 6.54. The summed E-state index contributed by atoms with van der Waals surface area (Å²) in [4.78, 5) is 207. The minimum absolute atomic E-state index is 0.00288. The minimum atomic E-state index is -3.29. The lowest BCUT2D eigenvalue weighted by Gasteiger charge is -2.26. The summed E-state index contributed by atoms with van der Waals surface area (Å²) in [5.74, 6) is -18.4. The maximum atomic E-state index is 15.0. The van der Waals surface area contributed by atoms with Gasteiger partial charge < -0.3 is 99.6 Å². The van der Waals surface area contributed by atoms with Crippen molar-refractivity contribution < 1.29 is 89.8 Å². The molecule has 0 saturated carbocycles. The number of carbonyl (C=O) groups is 14. The van der Waals surface area contributed by atoms with Gasteiger partial charge in [0.25, 0.3) is 23.7 Å². The molecule has 18 N–H and O–H groups in total. The molecule has 8 atom stereocenters. The van der Waals surface area contributed by atoms with Crippen LogP contribution in [0.5, 0.6) is 0 Å². The fourth-order valence-corrected chi connectivity index (χ4v) is 14.4. The van der Waals surface area contributed by atoms with E-state index in [1.54, 1.807) is 101 Å². The van der Waals surface area contributed by atoms with Gasteiger partial charge in [-0.3, -0.25) is 83.1 Å². The van der Waals surface area contributed by atoms with E-state index in [-0.39, 0.29) is 147 Å². The number of unbranched alkanes of at least 4 members (excludes halogenated alkanes) is 2. The number of pyridine rings is 2. The van der Waals surface area contributed by atoms with Gasteiger partial charge in [-0.2, -0.15) is 10.5 Å². The Labute approximate surface area is 752 Å². The summed E-state index contributed by atoms with van der Waals surface area (Å²) in [6.07, 6.45) is -0.509. The van der Waals surface area contributed by atoms with Gasteiger partial charge in [-0.25, -0.2) is 22.4 Å². The van der Waals surface area contributed by atoms with Gasteiger partial charge in [0.15, 0.2) is 11.9 Å². The molecule has 0 unspecified atom stereocenters. The number of para-hydroxylation sites is 2. The molecule has 2 aromatic heterocycles. The zero-order valence-corrected chi connectivity index (χ0v) is 72.9. The largest absolute Gasteiger partial charge is 0.480 e. The van der Waals surface area contributed by atoms with Gasteiger partial charge in [-0.05, 0) is 106 Å². The second-order valence-electron chi connectivity index (χ2n) is 31.9. The first-order chi connectivity index (χ1) is 62.5. The number of nitrogens with one attached hydrogen (secondary N) is 15. The number of rotatable bonds is 47. The van der Waals surface area contributed by atoms with Gasteiger partial charge in [-0.1, -0.05) is 84.9 Å². The fraction of sp³-hybridized carbons (Fsp3) is 0.455. The molecule has 0 bridgehead atoms. The van der Waals surface area contributed by atoms with Crippen LogP contribution in [-0.4, -0.2) is 270 Å². The Hall–Kier alpha value is -14.5. The number of anilines is 2. The maximum Gasteiger partial charge on any atom is 0.326 e. The predicted octanol–water partition coefficient (Wildman–Crippen LogP) is 2.53. The molecular formula is C88H110F4N24O15. The van der Waals surface area contributed by atoms with Crippen molar-refractivity contribution in [1.82, 2.24) is 88.1 Å². The van der Waals surface area contributed by atoms with Crippen molar-refractivity contribution in [3.8, 4) is 12.1 Å². The van der Waals surface area contributed by atoms with Crippen LogP contribution in [-0.2, 0) is 70.4 Å². The number of aliphatic carboxylic acids is 1. The van der Waals surface area contributed by atoms with Gasteiger partial charge in [0.2, 0.25) is 65.0 Å². The van der Waals surface area contributed by atoms with E-state index < -0.39 is 208 Å². The molecule has 13 amide bonds. The highest BCUT2D eigenvalue weighted by molar-refractivity contribution is 6.12. The number of carboxylic acid groups (broad SMARTS) is 1. The van der Waals surface area contributed by atoms with E-state index in [1.165, 1.54) is 70.7 Å². The summed E-state index contributed by atoms with van der Waals surface area (Å²) in [6.45, 7) is -2.98. The summed E-state index contributed by atoms with van der Waals surface area (Å²) < 4.78 is 56.4. The minimum Gasteiger partial charge on any atom is -0.480 e. The molecule has 0 spiro atoms. The zero-order chi connectivity index (χ0) is 95.5. The highest BCUT2D eigenvalue weighted by atomic mass is 19.3. The van der Waals surface area contributed by atoms with Crippen LogP contribution in [0.3, 0.4) is 0 Å². The normalized spacial score (nSPS) is 15.4. The molecule has 39 nitrogen and oxygen atoms in total. The molecule has 2 saturated heterocycles. The average Bonchev–Trinajstić information content (AvgIpc) is 1.67. The monoisotopic (exact) mass is 1820 g/mol. The highest BCUT2D eigenvalue weighted by Gasteiger charge is 2.49. The molecule has 6 aromatic rings. The molecule has 0 radical (unpaired) electrons. The smallest absolute Gasteiger partial charge is 0.326 e. The molecular weight excluding hydrogens is 1710 g/mol. The first kappa shape index (κ1) is 102. The number of guanidine groups is 2. The number of hydrogen-bond donors (Lipinski definition) is 17. The van der Waals surface area contributed by atoms with Crippen LogP contribution >= 0.6 is 0 Å². The van der Waals surface area contributed by atoms with Crippen molar-refractivity contribution in [2.75, 3.05) is 91.2 Å². The maximum absolute atomic E-state index is 15.0. The van der Waals surface area contributed by atoms with E-state index in [0.717, 1.165) is 0 Å². The van der Waals surface area contributed by atoms with Crippen molar-refractivity contribution >= 4 is 128 Å². The molecule has 8 rings (SSSR count). The number of nitrogens with two attached hydrogens (primary N) is 1. The number of nitriles is 2. The number of nitrogens with zero attached hydrogens (tertiary/aromatic N) is 8. The van der Waals surface area contributed by atoms with Crippen LogP contribution in [0.4, 0.5) is 28.9 Å². The number of alkyl halides is 4. The molecule has 4 heterocycles. The van der Waals surface area contributed by atoms with Gasteiger partial charge in [0.05, 0.1) is 71.9 Å². The number of aromatic nitrogens is 2. The number of benzene rings is 4. The Morgan fingerprint density at radius 3 is 1.24 bits per heavy atom. The van der Waals surface area contributed by atoms with Crippen LogP contribution in [0.1, 0.15) is 135 Å². The number of halogens is 4. The SMILES string of the molecule is CN(C)C(=N)NCCC[C@H](NC(=O)CCC(=O)Nc1cccc2c(C(=O)NCC(=O)N3CC(F)(F)C[C@H]3C#N)ccnc12)C(=O)N[C@@H](Cc1ccccc1)C(=O)NCCCC[C@H](NC(=O)[C@H](Cc1ccccc1)NC(=O)[C@H](CCCNC(=N)N(C)C)NC(=O)CCC(=O)Nc1cccc2c(C(=O)NCC(=O)N3CC(F)(F)C[C@H]3C#N)ccnc12)C(=O)N[C@@H](CCCCN)C(=O)O. The number of hydrogen-bond acceptors (Lipinski definition) is 21. The molecule has 2 aliphatic heterocycles. The van der Waals surface area contributed by atoms with E-state index in [1.807, 2.05) is 0 Å². The average molecular weight is 1820 g/mol. The number of carboxylic acids is 1. The first-order valence-electron chi connectivity index (χ1n) is 42.6. The number of likely N-dealkylation sites (tertiary alicyclic amines) is 2. The quantitative estimate of drug-likeness (QED) is 0.0113. The van der Waals surface area contributed by atoms with Crippen molar-refractivity contribution in [3.05, 3.63) is 144 Å². The Morgan fingerprint density at radius 1 is 0.458 bits per heavy atom. The zero-order valence-electron chi connectivity index (χ0n) is 72.9. The highest BCUT2D eigenvalue weighted by Crippen LogP contribution is 2.34. The topological polar surface area (TPSA) is 576 Å². The van der Waals surface area contributed by atoms with Crippen molar-refractivity contribution in [3.63, 3.8) is 0 Å². The third-order valence-electron chi connectivity index (χ3n) is 21.4. The van der Waals surface area contributed by atoms with Crippen LogP contribution in [0.2, 0.25) is 0 Å². The predicted molar refractivity (Wildman–Crippen MR) is 472 cm³/mol. The molecule has 2 fully saturated rings. The molecule has 43 heteroatoms. The van der Waals surface area contributed by atoms with Crippen molar-refractivity contribution in [1.29, 1.82) is 21.3 Å². The number of fused-ring (bicyclic) bond motifs is 2. The third-order valence-corrected chi connectivity index (χ3v) is 21.4.